The van der Waals surface area contributed by atoms with E-state index in [9.17, 15) is 0 Å². The summed E-state index contributed by atoms with van der Waals surface area (Å²) in [6.45, 7) is 8.15. The van der Waals surface area contributed by atoms with Crippen LogP contribution in [-0.2, 0) is 13.6 Å². The van der Waals surface area contributed by atoms with Crippen LogP contribution in [0.5, 0.6) is 11.5 Å². The van der Waals surface area contributed by atoms with Crippen LogP contribution < -0.4 is 9.47 Å². The van der Waals surface area contributed by atoms with E-state index in [0.29, 0.717) is 37.5 Å². The smallest absolute Gasteiger partial charge is 0.264 e. The molecule has 0 fully saturated rings. The lowest BCUT2D eigenvalue weighted by Crippen LogP contribution is -2.43. The van der Waals surface area contributed by atoms with Gasteiger partial charge in [0.1, 0.15) is 18.4 Å². The molecule has 0 N–H and O–H groups in total. The van der Waals surface area contributed by atoms with E-state index >= 15 is 0 Å². The summed E-state index contributed by atoms with van der Waals surface area (Å²) in [5.74, 6) is 2.73. The van der Waals surface area contributed by atoms with Crippen LogP contribution in [0.1, 0.15) is 25.4 Å². The Morgan fingerprint density at radius 1 is 1.14 bits per heavy atom. The average Bonchev–Trinajstić information content (AvgIpc) is 3.28. The first-order valence-electron chi connectivity index (χ1n) is 9.59. The standard InChI is InChI=1S/C21H26N4O3/c1-14(2)25(11-16-13-26-18-7-5-6-8-19(18)27-16)12-20-22-23-21(28-20)17-10-9-15(3)24(17)4/h5-10,14,16H,11-13H2,1-4H3. The summed E-state index contributed by atoms with van der Waals surface area (Å²) in [6, 6.07) is 12.1. The molecule has 7 nitrogen and oxygen atoms in total. The largest absolute Gasteiger partial charge is 0.486 e. The third-order valence-electron chi connectivity index (χ3n) is 5.13. The molecule has 148 valence electrons. The van der Waals surface area contributed by atoms with Crippen molar-refractivity contribution in [3.63, 3.8) is 0 Å². The number of benzene rings is 1. The molecule has 3 aromatic rings. The molecule has 2 aromatic heterocycles. The molecule has 0 saturated carbocycles. The van der Waals surface area contributed by atoms with Crippen molar-refractivity contribution in [3.8, 4) is 23.1 Å². The van der Waals surface area contributed by atoms with Gasteiger partial charge < -0.3 is 18.5 Å². The van der Waals surface area contributed by atoms with E-state index in [1.807, 2.05) is 54.9 Å². The van der Waals surface area contributed by atoms with Gasteiger partial charge in [-0.05, 0) is 45.0 Å². The lowest BCUT2D eigenvalue weighted by Gasteiger charge is -2.32. The number of hydrogen-bond donors (Lipinski definition) is 0. The molecule has 3 heterocycles. The molecule has 1 aliphatic heterocycles. The first-order valence-corrected chi connectivity index (χ1v) is 9.59. The first-order chi connectivity index (χ1) is 13.5. The Bertz CT molecular complexity index is 947. The summed E-state index contributed by atoms with van der Waals surface area (Å²) >= 11 is 0. The van der Waals surface area contributed by atoms with Gasteiger partial charge in [-0.2, -0.15) is 0 Å². The van der Waals surface area contributed by atoms with Gasteiger partial charge in [0.15, 0.2) is 11.5 Å². The fourth-order valence-corrected chi connectivity index (χ4v) is 3.30. The van der Waals surface area contributed by atoms with Crippen molar-refractivity contribution in [2.24, 2.45) is 7.05 Å². The Hall–Kier alpha value is -2.80. The first kappa shape index (κ1) is 18.6. The van der Waals surface area contributed by atoms with E-state index in [2.05, 4.69) is 28.9 Å². The van der Waals surface area contributed by atoms with Crippen molar-refractivity contribution in [2.45, 2.75) is 39.5 Å². The quantitative estimate of drug-likeness (QED) is 0.651. The Labute approximate surface area is 164 Å². The minimum absolute atomic E-state index is 0.0461. The summed E-state index contributed by atoms with van der Waals surface area (Å²) < 4.78 is 19.9. The molecule has 0 saturated heterocycles. The molecule has 1 unspecified atom stereocenters. The van der Waals surface area contributed by atoms with Crippen molar-refractivity contribution in [2.75, 3.05) is 13.2 Å². The fraction of sp³-hybridized carbons (Fsp3) is 0.429. The van der Waals surface area contributed by atoms with Gasteiger partial charge in [0.05, 0.1) is 6.54 Å². The van der Waals surface area contributed by atoms with Crippen LogP contribution in [0.2, 0.25) is 0 Å². The van der Waals surface area contributed by atoms with E-state index in [1.165, 1.54) is 0 Å². The zero-order chi connectivity index (χ0) is 19.7. The Morgan fingerprint density at radius 2 is 1.93 bits per heavy atom. The maximum absolute atomic E-state index is 6.11. The number of aryl methyl sites for hydroxylation is 1. The summed E-state index contributed by atoms with van der Waals surface area (Å²) in [5, 5.41) is 8.48. The molecule has 4 rings (SSSR count). The Balaban J connectivity index is 1.44. The monoisotopic (exact) mass is 382 g/mol. The van der Waals surface area contributed by atoms with Crippen molar-refractivity contribution < 1.29 is 13.9 Å². The highest BCUT2D eigenvalue weighted by atomic mass is 16.6. The number of rotatable bonds is 6. The van der Waals surface area contributed by atoms with Crippen LogP contribution in [0, 0.1) is 6.92 Å². The molecule has 1 atom stereocenters. The lowest BCUT2D eigenvalue weighted by atomic mass is 10.2. The van der Waals surface area contributed by atoms with Gasteiger partial charge in [-0.3, -0.25) is 4.90 Å². The van der Waals surface area contributed by atoms with Crippen LogP contribution >= 0.6 is 0 Å². The van der Waals surface area contributed by atoms with Crippen LogP contribution in [0.15, 0.2) is 40.8 Å². The van der Waals surface area contributed by atoms with Gasteiger partial charge in [0.25, 0.3) is 5.89 Å². The summed E-state index contributed by atoms with van der Waals surface area (Å²) in [4.78, 5) is 2.26. The molecular weight excluding hydrogens is 356 g/mol. The SMILES string of the molecule is Cc1ccc(-c2nnc(CN(CC3COc4ccccc4O3)C(C)C)o2)n1C. The molecule has 1 aromatic carbocycles. The fourth-order valence-electron chi connectivity index (χ4n) is 3.30. The van der Waals surface area contributed by atoms with Crippen LogP contribution in [0.3, 0.4) is 0 Å². The number of aromatic nitrogens is 3. The van der Waals surface area contributed by atoms with E-state index in [1.54, 1.807) is 0 Å². The van der Waals surface area contributed by atoms with Crippen LogP contribution in [0.4, 0.5) is 0 Å². The number of ether oxygens (including phenoxy) is 2. The lowest BCUT2D eigenvalue weighted by molar-refractivity contribution is 0.0440. The van der Waals surface area contributed by atoms with Gasteiger partial charge >= 0.3 is 0 Å². The second-order valence-electron chi connectivity index (χ2n) is 7.44. The average molecular weight is 382 g/mol. The van der Waals surface area contributed by atoms with Crippen LogP contribution in [0.25, 0.3) is 11.6 Å². The Kier molecular flexibility index (Phi) is 5.09. The minimum Gasteiger partial charge on any atom is -0.486 e. The predicted molar refractivity (Wildman–Crippen MR) is 105 cm³/mol. The summed E-state index contributed by atoms with van der Waals surface area (Å²) in [5.41, 5.74) is 2.07. The predicted octanol–water partition coefficient (Wildman–Crippen LogP) is 3.43. The summed E-state index contributed by atoms with van der Waals surface area (Å²) in [6.07, 6.45) is -0.0461. The maximum atomic E-state index is 6.11. The van der Waals surface area contributed by atoms with E-state index in [-0.39, 0.29) is 6.10 Å². The van der Waals surface area contributed by atoms with Gasteiger partial charge in [-0.25, -0.2) is 0 Å². The topological polar surface area (TPSA) is 65.6 Å². The van der Waals surface area contributed by atoms with Gasteiger partial charge in [-0.1, -0.05) is 12.1 Å². The number of nitrogens with zero attached hydrogens (tertiary/aromatic N) is 4. The van der Waals surface area contributed by atoms with Crippen molar-refractivity contribution in [3.05, 3.63) is 48.0 Å². The van der Waals surface area contributed by atoms with Gasteiger partial charge in [-0.15, -0.1) is 10.2 Å². The normalized spacial score (nSPS) is 16.1. The molecular formula is C21H26N4O3. The molecule has 0 radical (unpaired) electrons. The zero-order valence-electron chi connectivity index (χ0n) is 16.8. The third kappa shape index (κ3) is 3.75. The van der Waals surface area contributed by atoms with E-state index in [4.69, 9.17) is 13.9 Å². The molecule has 0 bridgehead atoms. The number of fused-ring (bicyclic) bond motifs is 1. The molecule has 1 aliphatic rings. The molecule has 0 aliphatic carbocycles. The van der Waals surface area contributed by atoms with Crippen molar-refractivity contribution in [1.82, 2.24) is 19.7 Å². The molecule has 7 heteroatoms. The highest BCUT2D eigenvalue weighted by molar-refractivity contribution is 5.48. The maximum Gasteiger partial charge on any atom is 0.264 e. The highest BCUT2D eigenvalue weighted by Gasteiger charge is 2.25. The minimum atomic E-state index is -0.0461. The van der Waals surface area contributed by atoms with E-state index < -0.39 is 0 Å². The zero-order valence-corrected chi connectivity index (χ0v) is 16.8. The number of para-hydroxylation sites is 2. The molecule has 0 amide bonds. The highest BCUT2D eigenvalue weighted by Crippen LogP contribution is 2.31. The molecule has 0 spiro atoms. The molecule has 28 heavy (non-hydrogen) atoms. The van der Waals surface area contributed by atoms with E-state index in [0.717, 1.165) is 22.9 Å². The third-order valence-corrected chi connectivity index (χ3v) is 5.13. The number of hydrogen-bond acceptors (Lipinski definition) is 6. The summed E-state index contributed by atoms with van der Waals surface area (Å²) in [7, 11) is 1.99. The van der Waals surface area contributed by atoms with Gasteiger partial charge in [0.2, 0.25) is 5.89 Å². The van der Waals surface area contributed by atoms with Crippen molar-refractivity contribution in [1.29, 1.82) is 0 Å². The van der Waals surface area contributed by atoms with Crippen LogP contribution in [-0.4, -0.2) is 45.0 Å². The van der Waals surface area contributed by atoms with Gasteiger partial charge in [0, 0.05) is 25.3 Å². The Morgan fingerprint density at radius 3 is 2.64 bits per heavy atom. The second-order valence-corrected chi connectivity index (χ2v) is 7.44. The van der Waals surface area contributed by atoms with Crippen molar-refractivity contribution >= 4 is 0 Å². The second kappa shape index (κ2) is 7.67.